The summed E-state index contributed by atoms with van der Waals surface area (Å²) in [6, 6.07) is 16.3. The molecule has 1 heterocycles. The second-order valence-electron chi connectivity index (χ2n) is 7.13. The molecule has 1 unspecified atom stereocenters. The fraction of sp³-hybridized carbons (Fsp3) is 0.136. The van der Waals surface area contributed by atoms with Gasteiger partial charge >= 0.3 is 0 Å². The fourth-order valence-corrected chi connectivity index (χ4v) is 5.09. The highest BCUT2D eigenvalue weighted by Crippen LogP contribution is 2.33. The number of halogens is 2. The molecular formula is C22H18Cl2N2O4S. The van der Waals surface area contributed by atoms with E-state index in [1.54, 1.807) is 18.2 Å². The van der Waals surface area contributed by atoms with Gasteiger partial charge in [-0.2, -0.15) is 0 Å². The summed E-state index contributed by atoms with van der Waals surface area (Å²) in [5, 5.41) is 5.12. The van der Waals surface area contributed by atoms with Crippen LogP contribution in [0, 0.1) is 0 Å². The van der Waals surface area contributed by atoms with E-state index in [2.05, 4.69) is 5.32 Å². The number of fused-ring (bicyclic) bond motifs is 3. The van der Waals surface area contributed by atoms with Gasteiger partial charge in [-0.05, 0) is 43.3 Å². The molecular weight excluding hydrogens is 459 g/mol. The molecule has 1 N–H and O–H groups in total. The Hall–Kier alpha value is -2.74. The number of amides is 1. The molecule has 0 aliphatic rings. The van der Waals surface area contributed by atoms with Crippen LogP contribution in [0.25, 0.3) is 21.9 Å². The van der Waals surface area contributed by atoms with Crippen LogP contribution >= 0.6 is 23.2 Å². The molecule has 4 rings (SSSR count). The molecule has 160 valence electrons. The summed E-state index contributed by atoms with van der Waals surface area (Å²) >= 11 is 12.2. The summed E-state index contributed by atoms with van der Waals surface area (Å²) in [5.74, 6) is -0.531. The summed E-state index contributed by atoms with van der Waals surface area (Å²) in [5.41, 5.74) is 1.97. The lowest BCUT2D eigenvalue weighted by Gasteiger charge is -2.29. The number of carbonyl (C=O) groups excluding carboxylic acids is 1. The number of furan rings is 1. The quantitative estimate of drug-likeness (QED) is 0.401. The van der Waals surface area contributed by atoms with Crippen molar-refractivity contribution in [2.45, 2.75) is 13.0 Å². The molecule has 0 saturated carbocycles. The van der Waals surface area contributed by atoms with E-state index in [1.165, 1.54) is 19.1 Å². The average Bonchev–Trinajstić information content (AvgIpc) is 3.07. The van der Waals surface area contributed by atoms with E-state index in [-0.39, 0.29) is 10.7 Å². The molecule has 9 heteroatoms. The highest BCUT2D eigenvalue weighted by Gasteiger charge is 2.31. The van der Waals surface area contributed by atoms with Gasteiger partial charge in [0, 0.05) is 27.5 Å². The predicted octanol–water partition coefficient (Wildman–Crippen LogP) is 5.69. The van der Waals surface area contributed by atoms with Crippen LogP contribution in [0.1, 0.15) is 6.92 Å². The van der Waals surface area contributed by atoms with Crippen molar-refractivity contribution in [1.29, 1.82) is 0 Å². The molecule has 0 radical (unpaired) electrons. The van der Waals surface area contributed by atoms with E-state index in [0.717, 1.165) is 26.9 Å². The third-order valence-electron chi connectivity index (χ3n) is 4.88. The first-order valence-electron chi connectivity index (χ1n) is 9.32. The number of nitrogens with zero attached hydrogens (tertiary/aromatic N) is 1. The second-order valence-corrected chi connectivity index (χ2v) is 9.83. The van der Waals surface area contributed by atoms with Gasteiger partial charge in [-0.3, -0.25) is 9.10 Å². The topological polar surface area (TPSA) is 79.6 Å². The number of sulfonamides is 1. The molecule has 4 aromatic rings. The van der Waals surface area contributed by atoms with Gasteiger partial charge in [0.05, 0.1) is 17.0 Å². The first-order valence-corrected chi connectivity index (χ1v) is 11.9. The first-order chi connectivity index (χ1) is 14.6. The standard InChI is InChI=1S/C22H18Cl2N2O4S/c1-13(26(31(2,28)29)19-11-14(23)7-10-18(19)24)22(27)25-15-8-9-17-16-5-3-4-6-20(16)30-21(17)12-15/h3-13H,1-2H3,(H,25,27). The van der Waals surface area contributed by atoms with Crippen LogP contribution in [0.2, 0.25) is 10.0 Å². The molecule has 1 amide bonds. The molecule has 0 fully saturated rings. The van der Waals surface area contributed by atoms with Crippen LogP contribution in [-0.2, 0) is 14.8 Å². The summed E-state index contributed by atoms with van der Waals surface area (Å²) in [6.07, 6.45) is 1.01. The van der Waals surface area contributed by atoms with E-state index in [9.17, 15) is 13.2 Å². The van der Waals surface area contributed by atoms with E-state index in [0.29, 0.717) is 16.3 Å². The molecule has 3 aromatic carbocycles. The highest BCUT2D eigenvalue weighted by atomic mass is 35.5. The Balaban J connectivity index is 1.66. The Labute approximate surface area is 189 Å². The van der Waals surface area contributed by atoms with Crippen LogP contribution < -0.4 is 9.62 Å². The maximum atomic E-state index is 13.0. The van der Waals surface area contributed by atoms with Crippen LogP contribution in [0.3, 0.4) is 0 Å². The Morgan fingerprint density at radius 1 is 1.00 bits per heavy atom. The zero-order valence-electron chi connectivity index (χ0n) is 16.6. The number of para-hydroxylation sites is 1. The molecule has 0 aliphatic heterocycles. The Bertz CT molecular complexity index is 1420. The van der Waals surface area contributed by atoms with Gasteiger partial charge < -0.3 is 9.73 Å². The molecule has 0 bridgehead atoms. The first kappa shape index (κ1) is 21.5. The smallest absolute Gasteiger partial charge is 0.247 e. The summed E-state index contributed by atoms with van der Waals surface area (Å²) < 4.78 is 31.8. The van der Waals surface area contributed by atoms with E-state index in [1.807, 2.05) is 30.3 Å². The maximum Gasteiger partial charge on any atom is 0.247 e. The van der Waals surface area contributed by atoms with Gasteiger partial charge in [-0.15, -0.1) is 0 Å². The van der Waals surface area contributed by atoms with Gasteiger partial charge in [0.25, 0.3) is 0 Å². The summed E-state index contributed by atoms with van der Waals surface area (Å²) in [7, 11) is -3.83. The molecule has 0 aliphatic carbocycles. The second kappa shape index (κ2) is 8.07. The van der Waals surface area contributed by atoms with Crippen LogP contribution in [0.4, 0.5) is 11.4 Å². The average molecular weight is 477 g/mol. The molecule has 6 nitrogen and oxygen atoms in total. The highest BCUT2D eigenvalue weighted by molar-refractivity contribution is 7.92. The fourth-order valence-electron chi connectivity index (χ4n) is 3.49. The lowest BCUT2D eigenvalue weighted by atomic mass is 10.1. The zero-order chi connectivity index (χ0) is 22.3. The number of carbonyl (C=O) groups is 1. The number of nitrogens with one attached hydrogen (secondary N) is 1. The molecule has 0 saturated heterocycles. The van der Waals surface area contributed by atoms with Gasteiger partial charge in [0.2, 0.25) is 15.9 Å². The van der Waals surface area contributed by atoms with Gasteiger partial charge in [0.15, 0.2) is 0 Å². The van der Waals surface area contributed by atoms with Gasteiger partial charge in [-0.1, -0.05) is 41.4 Å². The minimum absolute atomic E-state index is 0.132. The van der Waals surface area contributed by atoms with Crippen molar-refractivity contribution in [2.24, 2.45) is 0 Å². The number of hydrogen-bond donors (Lipinski definition) is 1. The van der Waals surface area contributed by atoms with Crippen LogP contribution in [-0.4, -0.2) is 26.6 Å². The number of benzene rings is 3. The largest absolute Gasteiger partial charge is 0.456 e. The number of rotatable bonds is 5. The van der Waals surface area contributed by atoms with Crippen molar-refractivity contribution in [3.05, 3.63) is 70.7 Å². The Morgan fingerprint density at radius 3 is 2.45 bits per heavy atom. The zero-order valence-corrected chi connectivity index (χ0v) is 18.9. The van der Waals surface area contributed by atoms with Crippen molar-refractivity contribution in [3.63, 3.8) is 0 Å². The molecule has 1 atom stereocenters. The summed E-state index contributed by atoms with van der Waals surface area (Å²) in [4.78, 5) is 13.0. The third-order valence-corrected chi connectivity index (χ3v) is 6.66. The van der Waals surface area contributed by atoms with E-state index >= 15 is 0 Å². The van der Waals surface area contributed by atoms with Crippen molar-refractivity contribution in [2.75, 3.05) is 15.9 Å². The lowest BCUT2D eigenvalue weighted by molar-refractivity contribution is -0.116. The predicted molar refractivity (Wildman–Crippen MR) is 126 cm³/mol. The monoisotopic (exact) mass is 476 g/mol. The molecule has 0 spiro atoms. The summed E-state index contributed by atoms with van der Waals surface area (Å²) in [6.45, 7) is 1.48. The molecule has 31 heavy (non-hydrogen) atoms. The molecule has 1 aromatic heterocycles. The van der Waals surface area contributed by atoms with Crippen molar-refractivity contribution >= 4 is 72.4 Å². The van der Waals surface area contributed by atoms with Gasteiger partial charge in [0.1, 0.15) is 17.2 Å². The van der Waals surface area contributed by atoms with Crippen molar-refractivity contribution in [1.82, 2.24) is 0 Å². The van der Waals surface area contributed by atoms with E-state index < -0.39 is 22.0 Å². The SMILES string of the molecule is CC(C(=O)Nc1ccc2c(c1)oc1ccccc12)N(c1cc(Cl)ccc1Cl)S(C)(=O)=O. The van der Waals surface area contributed by atoms with Crippen LogP contribution in [0.15, 0.2) is 65.1 Å². The third kappa shape index (κ3) is 4.21. The number of hydrogen-bond acceptors (Lipinski definition) is 4. The van der Waals surface area contributed by atoms with Crippen molar-refractivity contribution < 1.29 is 17.6 Å². The van der Waals surface area contributed by atoms with E-state index in [4.69, 9.17) is 27.6 Å². The Morgan fingerprint density at radius 2 is 1.71 bits per heavy atom. The normalized spacial score (nSPS) is 12.8. The minimum atomic E-state index is -3.83. The maximum absolute atomic E-state index is 13.0. The Kier molecular flexibility index (Phi) is 5.60. The van der Waals surface area contributed by atoms with Crippen molar-refractivity contribution in [3.8, 4) is 0 Å². The minimum Gasteiger partial charge on any atom is -0.456 e. The van der Waals surface area contributed by atoms with Gasteiger partial charge in [-0.25, -0.2) is 8.42 Å². The lowest BCUT2D eigenvalue weighted by Crippen LogP contribution is -2.45. The van der Waals surface area contributed by atoms with Crippen LogP contribution in [0.5, 0.6) is 0 Å². The number of anilines is 2.